The molecule has 0 bridgehead atoms. The maximum atomic E-state index is 12.5. The minimum absolute atomic E-state index is 0.0855. The Kier molecular flexibility index (Phi) is 3.54. The van der Waals surface area contributed by atoms with Crippen molar-refractivity contribution in [1.29, 1.82) is 0 Å². The van der Waals surface area contributed by atoms with Gasteiger partial charge >= 0.3 is 12.1 Å². The Morgan fingerprint density at radius 1 is 1.45 bits per heavy atom. The van der Waals surface area contributed by atoms with Gasteiger partial charge in [-0.2, -0.15) is 18.3 Å². The van der Waals surface area contributed by atoms with Gasteiger partial charge in [-0.1, -0.05) is 0 Å². The number of rotatable bonds is 4. The third-order valence-corrected chi connectivity index (χ3v) is 3.60. The summed E-state index contributed by atoms with van der Waals surface area (Å²) >= 11 is 0. The summed E-state index contributed by atoms with van der Waals surface area (Å²) in [5.41, 5.74) is 0.791. The van der Waals surface area contributed by atoms with Crippen LogP contribution in [0.2, 0.25) is 0 Å². The summed E-state index contributed by atoms with van der Waals surface area (Å²) in [6.07, 6.45) is -2.39. The van der Waals surface area contributed by atoms with E-state index in [1.807, 2.05) is 0 Å². The second-order valence-corrected chi connectivity index (χ2v) is 5.27. The molecule has 3 rings (SSSR count). The van der Waals surface area contributed by atoms with Gasteiger partial charge in [-0.25, -0.2) is 9.67 Å². The first-order valence-corrected chi connectivity index (χ1v) is 6.95. The summed E-state index contributed by atoms with van der Waals surface area (Å²) in [5, 5.41) is 4.27. The van der Waals surface area contributed by atoms with Gasteiger partial charge in [0, 0.05) is 17.0 Å². The molecule has 0 spiro atoms. The van der Waals surface area contributed by atoms with Crippen molar-refractivity contribution in [2.24, 2.45) is 5.92 Å². The van der Waals surface area contributed by atoms with Crippen molar-refractivity contribution >= 4 is 17.0 Å². The topological polar surface area (TPSA) is 57.0 Å². The van der Waals surface area contributed by atoms with Crippen LogP contribution in [0.4, 0.5) is 13.2 Å². The molecular weight excluding hydrogens is 299 g/mol. The summed E-state index contributed by atoms with van der Waals surface area (Å²) < 4.78 is 43.3. The molecule has 0 radical (unpaired) electrons. The van der Waals surface area contributed by atoms with Crippen molar-refractivity contribution in [3.8, 4) is 0 Å². The molecule has 22 heavy (non-hydrogen) atoms. The van der Waals surface area contributed by atoms with Crippen LogP contribution < -0.4 is 0 Å². The van der Waals surface area contributed by atoms with Crippen LogP contribution in [0.5, 0.6) is 0 Å². The second-order valence-electron chi connectivity index (χ2n) is 5.27. The average molecular weight is 313 g/mol. The van der Waals surface area contributed by atoms with Crippen LogP contribution in [0.15, 0.2) is 18.3 Å². The lowest BCUT2D eigenvalue weighted by atomic mass is 10.2. The molecule has 0 aromatic carbocycles. The number of halogens is 3. The van der Waals surface area contributed by atoms with Gasteiger partial charge in [-0.05, 0) is 25.5 Å². The Bertz CT molecular complexity index is 711. The van der Waals surface area contributed by atoms with Crippen LogP contribution in [0.1, 0.15) is 25.0 Å². The number of carbonyl (C=O) groups excluding carboxylic acids is 1. The van der Waals surface area contributed by atoms with E-state index in [4.69, 9.17) is 4.74 Å². The Balaban J connectivity index is 1.84. The van der Waals surface area contributed by atoms with E-state index in [-0.39, 0.29) is 23.5 Å². The van der Waals surface area contributed by atoms with Crippen LogP contribution >= 0.6 is 0 Å². The van der Waals surface area contributed by atoms with Gasteiger partial charge < -0.3 is 4.74 Å². The lowest BCUT2D eigenvalue weighted by molar-refractivity contribution is -0.145. The van der Waals surface area contributed by atoms with E-state index < -0.39 is 12.7 Å². The van der Waals surface area contributed by atoms with Crippen molar-refractivity contribution < 1.29 is 22.7 Å². The number of hydrogen-bond acceptors (Lipinski definition) is 4. The fourth-order valence-electron chi connectivity index (χ4n) is 2.49. The summed E-state index contributed by atoms with van der Waals surface area (Å²) in [6.45, 7) is 0.862. The Morgan fingerprint density at radius 2 is 2.23 bits per heavy atom. The largest absolute Gasteiger partial charge is 0.466 e. The third kappa shape index (κ3) is 2.90. The number of pyridine rings is 1. The van der Waals surface area contributed by atoms with Crippen molar-refractivity contribution in [2.45, 2.75) is 32.0 Å². The molecule has 1 aliphatic carbocycles. The monoisotopic (exact) mass is 313 g/mol. The molecule has 2 aromatic heterocycles. The highest BCUT2D eigenvalue weighted by Gasteiger charge is 2.46. The van der Waals surface area contributed by atoms with E-state index in [0.717, 1.165) is 4.68 Å². The first-order chi connectivity index (χ1) is 10.4. The van der Waals surface area contributed by atoms with E-state index in [9.17, 15) is 18.0 Å². The standard InChI is InChI=1S/C14H14F3N3O2/c1-2-22-13(21)10-5-9(10)11-4-3-8-6-18-20(12(8)19-11)7-14(15,16)17/h3-4,6,9-10H,2,5,7H2,1H3/t9-,10-/m0/s1. The van der Waals surface area contributed by atoms with Crippen LogP contribution in [0.25, 0.3) is 11.0 Å². The summed E-state index contributed by atoms with van der Waals surface area (Å²) in [4.78, 5) is 15.9. The van der Waals surface area contributed by atoms with Gasteiger partial charge in [0.25, 0.3) is 0 Å². The molecule has 0 unspecified atom stereocenters. The minimum atomic E-state index is -4.36. The zero-order valence-corrected chi connectivity index (χ0v) is 11.8. The van der Waals surface area contributed by atoms with Gasteiger partial charge in [0.1, 0.15) is 6.54 Å². The van der Waals surface area contributed by atoms with Crippen LogP contribution in [-0.2, 0) is 16.1 Å². The zero-order valence-electron chi connectivity index (χ0n) is 11.8. The van der Waals surface area contributed by atoms with Crippen LogP contribution in [0.3, 0.4) is 0 Å². The quantitative estimate of drug-likeness (QED) is 0.814. The molecular formula is C14H14F3N3O2. The van der Waals surface area contributed by atoms with Crippen LogP contribution in [-0.4, -0.2) is 33.5 Å². The predicted octanol–water partition coefficient (Wildman–Crippen LogP) is 2.66. The molecule has 5 nitrogen and oxygen atoms in total. The number of hydrogen-bond donors (Lipinski definition) is 0. The first kappa shape index (κ1) is 14.8. The summed E-state index contributed by atoms with van der Waals surface area (Å²) in [7, 11) is 0. The summed E-state index contributed by atoms with van der Waals surface area (Å²) in [6, 6.07) is 3.41. The van der Waals surface area contributed by atoms with Gasteiger partial charge in [0.15, 0.2) is 5.65 Å². The Labute approximate surface area is 124 Å². The minimum Gasteiger partial charge on any atom is -0.466 e. The first-order valence-electron chi connectivity index (χ1n) is 6.95. The smallest absolute Gasteiger partial charge is 0.408 e. The van der Waals surface area contributed by atoms with Gasteiger partial charge in [0.2, 0.25) is 0 Å². The van der Waals surface area contributed by atoms with Crippen molar-refractivity contribution in [3.05, 3.63) is 24.0 Å². The number of fused-ring (bicyclic) bond motifs is 1. The van der Waals surface area contributed by atoms with Gasteiger partial charge in [0.05, 0.1) is 18.7 Å². The molecule has 2 heterocycles. The van der Waals surface area contributed by atoms with Crippen molar-refractivity contribution in [2.75, 3.05) is 6.61 Å². The molecule has 0 amide bonds. The van der Waals surface area contributed by atoms with E-state index in [1.165, 1.54) is 6.20 Å². The lowest BCUT2D eigenvalue weighted by Crippen LogP contribution is -2.18. The fraction of sp³-hybridized carbons (Fsp3) is 0.500. The Hall–Kier alpha value is -2.12. The molecule has 1 saturated carbocycles. The van der Waals surface area contributed by atoms with Crippen LogP contribution in [0, 0.1) is 5.92 Å². The lowest BCUT2D eigenvalue weighted by Gasteiger charge is -2.07. The zero-order chi connectivity index (χ0) is 15.9. The maximum Gasteiger partial charge on any atom is 0.408 e. The SMILES string of the molecule is CCOC(=O)[C@H]1C[C@@H]1c1ccc2cnn(CC(F)(F)F)c2n1. The number of esters is 1. The third-order valence-electron chi connectivity index (χ3n) is 3.60. The van der Waals surface area contributed by atoms with E-state index in [0.29, 0.717) is 24.1 Å². The molecule has 0 saturated heterocycles. The molecule has 1 aliphatic rings. The number of carbonyl (C=O) groups is 1. The summed E-state index contributed by atoms with van der Waals surface area (Å²) in [5.74, 6) is -0.611. The number of alkyl halides is 3. The molecule has 2 aromatic rings. The van der Waals surface area contributed by atoms with E-state index >= 15 is 0 Å². The fourth-order valence-corrected chi connectivity index (χ4v) is 2.49. The second kappa shape index (κ2) is 5.26. The van der Waals surface area contributed by atoms with E-state index in [2.05, 4.69) is 10.1 Å². The molecule has 0 N–H and O–H groups in total. The molecule has 8 heteroatoms. The normalized spacial score (nSPS) is 21.1. The molecule has 2 atom stereocenters. The number of aromatic nitrogens is 3. The highest BCUT2D eigenvalue weighted by atomic mass is 19.4. The molecule has 0 aliphatic heterocycles. The van der Waals surface area contributed by atoms with Gasteiger partial charge in [-0.15, -0.1) is 0 Å². The highest BCUT2D eigenvalue weighted by molar-refractivity contribution is 5.78. The van der Waals surface area contributed by atoms with Crippen molar-refractivity contribution in [3.63, 3.8) is 0 Å². The van der Waals surface area contributed by atoms with E-state index in [1.54, 1.807) is 19.1 Å². The predicted molar refractivity (Wildman–Crippen MR) is 71.1 cm³/mol. The number of nitrogens with zero attached hydrogens (tertiary/aromatic N) is 3. The maximum absolute atomic E-state index is 12.5. The molecule has 118 valence electrons. The Morgan fingerprint density at radius 3 is 2.91 bits per heavy atom. The number of ether oxygens (including phenoxy) is 1. The molecule has 1 fully saturated rings. The average Bonchev–Trinajstić information content (AvgIpc) is 3.15. The van der Waals surface area contributed by atoms with Gasteiger partial charge in [-0.3, -0.25) is 4.79 Å². The highest BCUT2D eigenvalue weighted by Crippen LogP contribution is 2.47. The van der Waals surface area contributed by atoms with Crippen molar-refractivity contribution in [1.82, 2.24) is 14.8 Å².